The standard InChI is InChI=1S/C22H17N5O2/c23-13-16-3-1-4-17(26-16)14-28-19-8-6-15(7-9-19)11-18-12-21(29-27-18)20-5-2-10-25-22(20)24/h1-10,12H,11,14H2,(H2,24,25). The molecule has 0 aliphatic rings. The number of benzene rings is 1. The van der Waals surface area contributed by atoms with E-state index in [0.717, 1.165) is 22.6 Å². The molecule has 3 aromatic heterocycles. The number of rotatable bonds is 6. The summed E-state index contributed by atoms with van der Waals surface area (Å²) in [5.41, 5.74) is 9.56. The van der Waals surface area contributed by atoms with E-state index >= 15 is 0 Å². The van der Waals surface area contributed by atoms with Gasteiger partial charge in [-0.25, -0.2) is 9.97 Å². The number of nitrogens with zero attached hydrogens (tertiary/aromatic N) is 4. The Morgan fingerprint density at radius 2 is 1.90 bits per heavy atom. The lowest BCUT2D eigenvalue weighted by molar-refractivity contribution is 0.301. The second-order valence-corrected chi connectivity index (χ2v) is 6.35. The zero-order valence-electron chi connectivity index (χ0n) is 15.4. The first kappa shape index (κ1) is 18.2. The second kappa shape index (κ2) is 8.23. The molecule has 2 N–H and O–H groups in total. The first-order chi connectivity index (χ1) is 14.2. The molecule has 7 nitrogen and oxygen atoms in total. The molecule has 0 radical (unpaired) electrons. The average molecular weight is 383 g/mol. The highest BCUT2D eigenvalue weighted by molar-refractivity contribution is 5.69. The van der Waals surface area contributed by atoms with E-state index in [4.69, 9.17) is 20.3 Å². The van der Waals surface area contributed by atoms with Gasteiger partial charge >= 0.3 is 0 Å². The van der Waals surface area contributed by atoms with E-state index in [2.05, 4.69) is 15.1 Å². The summed E-state index contributed by atoms with van der Waals surface area (Å²) in [6.07, 6.45) is 2.26. The largest absolute Gasteiger partial charge is 0.487 e. The van der Waals surface area contributed by atoms with Crippen molar-refractivity contribution in [1.29, 1.82) is 5.26 Å². The molecule has 0 spiro atoms. The fraction of sp³-hybridized carbons (Fsp3) is 0.0909. The Balaban J connectivity index is 1.39. The Morgan fingerprint density at radius 1 is 1.03 bits per heavy atom. The van der Waals surface area contributed by atoms with E-state index in [1.165, 1.54) is 0 Å². The summed E-state index contributed by atoms with van der Waals surface area (Å²) < 4.78 is 11.2. The minimum atomic E-state index is 0.300. The van der Waals surface area contributed by atoms with E-state index in [-0.39, 0.29) is 0 Å². The maximum Gasteiger partial charge on any atom is 0.170 e. The van der Waals surface area contributed by atoms with Gasteiger partial charge < -0.3 is 15.0 Å². The highest BCUT2D eigenvalue weighted by Gasteiger charge is 2.10. The van der Waals surface area contributed by atoms with Gasteiger partial charge in [-0.05, 0) is 42.0 Å². The molecule has 0 aliphatic heterocycles. The Morgan fingerprint density at radius 3 is 2.69 bits per heavy atom. The molecule has 0 bridgehead atoms. The van der Waals surface area contributed by atoms with Crippen LogP contribution in [0.5, 0.6) is 5.75 Å². The maximum atomic E-state index is 8.90. The Kier molecular flexibility index (Phi) is 5.16. The number of aromatic nitrogens is 3. The molecule has 1 aromatic carbocycles. The van der Waals surface area contributed by atoms with E-state index in [1.807, 2.05) is 48.5 Å². The van der Waals surface area contributed by atoms with Crippen LogP contribution in [0, 0.1) is 11.3 Å². The van der Waals surface area contributed by atoms with Gasteiger partial charge in [0.2, 0.25) is 0 Å². The molecule has 29 heavy (non-hydrogen) atoms. The SMILES string of the molecule is N#Cc1cccc(COc2ccc(Cc3cc(-c4cccnc4N)on3)cc2)n1. The van der Waals surface area contributed by atoms with Crippen molar-refractivity contribution in [2.24, 2.45) is 0 Å². The van der Waals surface area contributed by atoms with Crippen LogP contribution in [-0.2, 0) is 13.0 Å². The number of nitrogen functional groups attached to an aromatic ring is 1. The van der Waals surface area contributed by atoms with Crippen LogP contribution in [0.1, 0.15) is 22.6 Å². The summed E-state index contributed by atoms with van der Waals surface area (Å²) in [5.74, 6) is 1.73. The van der Waals surface area contributed by atoms with Gasteiger partial charge in [0, 0.05) is 18.7 Å². The van der Waals surface area contributed by atoms with Crippen LogP contribution in [0.3, 0.4) is 0 Å². The van der Waals surface area contributed by atoms with E-state index in [0.29, 0.717) is 36.0 Å². The molecule has 0 unspecified atom stereocenters. The van der Waals surface area contributed by atoms with Crippen LogP contribution in [0.4, 0.5) is 5.82 Å². The summed E-state index contributed by atoms with van der Waals surface area (Å²) >= 11 is 0. The third-order valence-corrected chi connectivity index (χ3v) is 4.28. The maximum absolute atomic E-state index is 8.90. The van der Waals surface area contributed by atoms with Gasteiger partial charge in [0.15, 0.2) is 5.76 Å². The van der Waals surface area contributed by atoms with E-state index in [9.17, 15) is 0 Å². The molecule has 0 aliphatic carbocycles. The molecule has 0 saturated heterocycles. The molecular formula is C22H17N5O2. The first-order valence-corrected chi connectivity index (χ1v) is 8.95. The number of pyridine rings is 2. The highest BCUT2D eigenvalue weighted by atomic mass is 16.5. The molecular weight excluding hydrogens is 366 g/mol. The minimum Gasteiger partial charge on any atom is -0.487 e. The normalized spacial score (nSPS) is 10.4. The molecule has 0 amide bonds. The van der Waals surface area contributed by atoms with Gasteiger partial charge in [-0.2, -0.15) is 5.26 Å². The molecule has 142 valence electrons. The van der Waals surface area contributed by atoms with Crippen molar-refractivity contribution in [1.82, 2.24) is 15.1 Å². The number of hydrogen-bond donors (Lipinski definition) is 1. The van der Waals surface area contributed by atoms with Crippen LogP contribution >= 0.6 is 0 Å². The smallest absolute Gasteiger partial charge is 0.170 e. The fourth-order valence-corrected chi connectivity index (χ4v) is 2.84. The van der Waals surface area contributed by atoms with Gasteiger partial charge in [0.25, 0.3) is 0 Å². The third kappa shape index (κ3) is 4.39. The second-order valence-electron chi connectivity index (χ2n) is 6.35. The van der Waals surface area contributed by atoms with E-state index < -0.39 is 0 Å². The fourth-order valence-electron chi connectivity index (χ4n) is 2.84. The lowest BCUT2D eigenvalue weighted by Gasteiger charge is -2.06. The summed E-state index contributed by atoms with van der Waals surface area (Å²) in [5, 5.41) is 13.0. The van der Waals surface area contributed by atoms with E-state index in [1.54, 1.807) is 24.4 Å². The monoisotopic (exact) mass is 383 g/mol. The number of nitrogens with two attached hydrogens (primary N) is 1. The molecule has 7 heteroatoms. The molecule has 0 fully saturated rings. The number of hydrogen-bond acceptors (Lipinski definition) is 7. The van der Waals surface area contributed by atoms with Gasteiger partial charge in [-0.1, -0.05) is 23.4 Å². The summed E-state index contributed by atoms with van der Waals surface area (Å²) in [6.45, 7) is 0.300. The first-order valence-electron chi connectivity index (χ1n) is 8.95. The quantitative estimate of drug-likeness (QED) is 0.539. The van der Waals surface area contributed by atoms with Crippen LogP contribution in [0.25, 0.3) is 11.3 Å². The van der Waals surface area contributed by atoms with Gasteiger partial charge in [-0.3, -0.25) is 0 Å². The lowest BCUT2D eigenvalue weighted by Crippen LogP contribution is -1.99. The number of anilines is 1. The average Bonchev–Trinajstić information content (AvgIpc) is 3.22. The van der Waals surface area contributed by atoms with Crippen LogP contribution in [0.15, 0.2) is 71.4 Å². The summed E-state index contributed by atoms with van der Waals surface area (Å²) in [6, 6.07) is 20.5. The molecule has 4 aromatic rings. The van der Waals surface area contributed by atoms with Gasteiger partial charge in [0.1, 0.15) is 29.9 Å². The molecule has 0 saturated carbocycles. The van der Waals surface area contributed by atoms with Crippen LogP contribution in [0.2, 0.25) is 0 Å². The molecule has 0 atom stereocenters. The van der Waals surface area contributed by atoms with Crippen molar-refractivity contribution in [3.05, 3.63) is 89.5 Å². The minimum absolute atomic E-state index is 0.300. The summed E-state index contributed by atoms with van der Waals surface area (Å²) in [4.78, 5) is 8.26. The molecule has 4 rings (SSSR count). The number of nitriles is 1. The zero-order valence-corrected chi connectivity index (χ0v) is 15.4. The third-order valence-electron chi connectivity index (χ3n) is 4.28. The van der Waals surface area contributed by atoms with Crippen molar-refractivity contribution in [3.8, 4) is 23.1 Å². The van der Waals surface area contributed by atoms with Crippen LogP contribution < -0.4 is 10.5 Å². The van der Waals surface area contributed by atoms with Crippen molar-refractivity contribution < 1.29 is 9.26 Å². The Bertz CT molecular complexity index is 1160. The Hall–Kier alpha value is -4.18. The van der Waals surface area contributed by atoms with Gasteiger partial charge in [-0.15, -0.1) is 0 Å². The van der Waals surface area contributed by atoms with Crippen molar-refractivity contribution in [2.45, 2.75) is 13.0 Å². The molecule has 3 heterocycles. The van der Waals surface area contributed by atoms with Crippen LogP contribution in [-0.4, -0.2) is 15.1 Å². The predicted molar refractivity (Wildman–Crippen MR) is 107 cm³/mol. The number of ether oxygens (including phenoxy) is 1. The predicted octanol–water partition coefficient (Wildman–Crippen LogP) is 3.76. The van der Waals surface area contributed by atoms with Crippen molar-refractivity contribution >= 4 is 5.82 Å². The Labute approximate surface area is 167 Å². The van der Waals surface area contributed by atoms with Gasteiger partial charge in [0.05, 0.1) is 17.0 Å². The van der Waals surface area contributed by atoms with Crippen molar-refractivity contribution in [2.75, 3.05) is 5.73 Å². The lowest BCUT2D eigenvalue weighted by atomic mass is 10.1. The zero-order chi connectivity index (χ0) is 20.1. The van der Waals surface area contributed by atoms with Crippen molar-refractivity contribution in [3.63, 3.8) is 0 Å². The topological polar surface area (TPSA) is 111 Å². The summed E-state index contributed by atoms with van der Waals surface area (Å²) in [7, 11) is 0. The highest BCUT2D eigenvalue weighted by Crippen LogP contribution is 2.25.